The van der Waals surface area contributed by atoms with Gasteiger partial charge in [-0.2, -0.15) is 0 Å². The number of aromatic nitrogens is 1. The Balaban J connectivity index is 1.42. The largest absolute Gasteiger partial charge is 0.490 e. The van der Waals surface area contributed by atoms with Gasteiger partial charge in [0.1, 0.15) is 5.56 Å². The maximum Gasteiger partial charge on any atom is 0.259 e. The third-order valence-electron chi connectivity index (χ3n) is 6.34. The predicted octanol–water partition coefficient (Wildman–Crippen LogP) is 3.11. The average Bonchev–Trinajstić information content (AvgIpc) is 2.91. The van der Waals surface area contributed by atoms with E-state index in [9.17, 15) is 9.59 Å². The van der Waals surface area contributed by atoms with Crippen LogP contribution in [0.3, 0.4) is 0 Å². The molecule has 2 aliphatic rings. The van der Waals surface area contributed by atoms with Crippen LogP contribution in [0.15, 0.2) is 42.6 Å². The second kappa shape index (κ2) is 13.8. The Bertz CT molecular complexity index is 996. The molecule has 0 bridgehead atoms. The monoisotopic (exact) mass is 496 g/mol. The van der Waals surface area contributed by atoms with Crippen molar-refractivity contribution >= 4 is 11.8 Å². The molecule has 4 rings (SSSR count). The van der Waals surface area contributed by atoms with Crippen molar-refractivity contribution in [3.8, 4) is 17.4 Å². The number of ether oxygens (including phenoxy) is 3. The molecule has 1 N–H and O–H groups in total. The number of fused-ring (bicyclic) bond motifs is 2. The Kier molecular flexibility index (Phi) is 9.93. The maximum absolute atomic E-state index is 13.6. The first kappa shape index (κ1) is 25.9. The molecule has 2 amide bonds. The van der Waals surface area contributed by atoms with Crippen LogP contribution in [0, 0.1) is 0 Å². The van der Waals surface area contributed by atoms with Gasteiger partial charge in [-0.1, -0.05) is 25.0 Å². The van der Waals surface area contributed by atoms with E-state index in [1.165, 1.54) is 0 Å². The fourth-order valence-corrected chi connectivity index (χ4v) is 4.34. The van der Waals surface area contributed by atoms with Gasteiger partial charge in [-0.3, -0.25) is 14.5 Å². The van der Waals surface area contributed by atoms with Crippen molar-refractivity contribution in [1.82, 2.24) is 20.1 Å². The number of hydrogen-bond donors (Lipinski definition) is 1. The lowest BCUT2D eigenvalue weighted by Crippen LogP contribution is -2.42. The summed E-state index contributed by atoms with van der Waals surface area (Å²) in [7, 11) is 0. The zero-order chi connectivity index (χ0) is 25.0. The van der Waals surface area contributed by atoms with Crippen molar-refractivity contribution in [1.29, 1.82) is 0 Å². The van der Waals surface area contributed by atoms with E-state index in [1.54, 1.807) is 29.3 Å². The van der Waals surface area contributed by atoms with Gasteiger partial charge in [0.25, 0.3) is 5.91 Å². The highest BCUT2D eigenvalue weighted by molar-refractivity contribution is 5.98. The summed E-state index contributed by atoms with van der Waals surface area (Å²) in [4.78, 5) is 34.6. The van der Waals surface area contributed by atoms with Gasteiger partial charge in [0, 0.05) is 32.4 Å². The second-order valence-electron chi connectivity index (χ2n) is 9.05. The molecule has 1 aromatic heterocycles. The lowest BCUT2D eigenvalue weighted by molar-refractivity contribution is -0.121. The van der Waals surface area contributed by atoms with Crippen LogP contribution < -0.4 is 14.8 Å². The van der Waals surface area contributed by atoms with E-state index in [4.69, 9.17) is 14.2 Å². The van der Waals surface area contributed by atoms with Crippen LogP contribution in [0.25, 0.3) is 0 Å². The SMILES string of the molecule is O=C(CN1CCCCCCOc2ccccc2Oc2ncccc2C1=O)NCCCN1CCOCC1. The summed E-state index contributed by atoms with van der Waals surface area (Å²) in [5.41, 5.74) is 0.324. The molecule has 0 atom stereocenters. The molecule has 36 heavy (non-hydrogen) atoms. The number of morpholine rings is 1. The van der Waals surface area contributed by atoms with Crippen LogP contribution in [0.1, 0.15) is 42.5 Å². The van der Waals surface area contributed by atoms with Crippen LogP contribution >= 0.6 is 0 Å². The number of carbonyl (C=O) groups excluding carboxylic acids is 2. The average molecular weight is 497 g/mol. The number of benzene rings is 1. The molecular weight excluding hydrogens is 460 g/mol. The highest BCUT2D eigenvalue weighted by atomic mass is 16.5. The predicted molar refractivity (Wildman–Crippen MR) is 136 cm³/mol. The molecule has 9 nitrogen and oxygen atoms in total. The van der Waals surface area contributed by atoms with E-state index >= 15 is 0 Å². The van der Waals surface area contributed by atoms with Gasteiger partial charge in [-0.15, -0.1) is 0 Å². The van der Waals surface area contributed by atoms with Gasteiger partial charge in [0.05, 0.1) is 26.4 Å². The molecule has 1 saturated heterocycles. The van der Waals surface area contributed by atoms with Gasteiger partial charge in [0.2, 0.25) is 11.8 Å². The zero-order valence-electron chi connectivity index (χ0n) is 20.8. The van der Waals surface area contributed by atoms with Gasteiger partial charge < -0.3 is 24.4 Å². The third-order valence-corrected chi connectivity index (χ3v) is 6.34. The topological polar surface area (TPSA) is 93.2 Å². The highest BCUT2D eigenvalue weighted by Gasteiger charge is 2.24. The molecule has 1 fully saturated rings. The van der Waals surface area contributed by atoms with Crippen molar-refractivity contribution in [2.45, 2.75) is 32.1 Å². The van der Waals surface area contributed by atoms with Crippen molar-refractivity contribution in [2.24, 2.45) is 0 Å². The van der Waals surface area contributed by atoms with E-state index in [0.29, 0.717) is 36.8 Å². The third kappa shape index (κ3) is 7.66. The Morgan fingerprint density at radius 2 is 1.75 bits per heavy atom. The standard InChI is InChI=1S/C27H36N4O5/c32-25(28-13-8-14-30-16-19-34-20-17-30)21-31-15-5-1-2-6-18-35-23-10-3-4-11-24(23)36-26-22(27(31)33)9-7-12-29-26/h3-4,7,9-12H,1-2,5-6,8,13-21H2,(H,28,32). The summed E-state index contributed by atoms with van der Waals surface area (Å²) in [6.45, 7) is 5.99. The Morgan fingerprint density at radius 1 is 0.944 bits per heavy atom. The Morgan fingerprint density at radius 3 is 2.61 bits per heavy atom. The van der Waals surface area contributed by atoms with Crippen LogP contribution in [-0.2, 0) is 9.53 Å². The number of pyridine rings is 1. The summed E-state index contributed by atoms with van der Waals surface area (Å²) in [6.07, 6.45) is 6.10. The maximum atomic E-state index is 13.6. The summed E-state index contributed by atoms with van der Waals surface area (Å²) in [5.74, 6) is 0.902. The fraction of sp³-hybridized carbons (Fsp3) is 0.519. The molecule has 0 unspecified atom stereocenters. The highest BCUT2D eigenvalue weighted by Crippen LogP contribution is 2.32. The first-order chi connectivity index (χ1) is 17.7. The number of nitrogens with one attached hydrogen (secondary N) is 1. The normalized spacial score (nSPS) is 17.7. The fourth-order valence-electron chi connectivity index (χ4n) is 4.34. The summed E-state index contributed by atoms with van der Waals surface area (Å²) in [6, 6.07) is 10.8. The van der Waals surface area contributed by atoms with E-state index in [-0.39, 0.29) is 24.2 Å². The van der Waals surface area contributed by atoms with Crippen molar-refractivity contribution in [3.05, 3.63) is 48.2 Å². The Labute approximate surface area is 212 Å². The van der Waals surface area contributed by atoms with Crippen LogP contribution in [0.2, 0.25) is 0 Å². The molecule has 0 radical (unpaired) electrons. The summed E-state index contributed by atoms with van der Waals surface area (Å²) in [5, 5.41) is 2.98. The summed E-state index contributed by atoms with van der Waals surface area (Å²) < 4.78 is 17.3. The quantitative estimate of drug-likeness (QED) is 0.614. The Hall–Kier alpha value is -3.17. The number of amides is 2. The molecule has 0 saturated carbocycles. The van der Waals surface area contributed by atoms with E-state index < -0.39 is 0 Å². The molecule has 9 heteroatoms. The van der Waals surface area contributed by atoms with Gasteiger partial charge in [-0.25, -0.2) is 4.98 Å². The van der Waals surface area contributed by atoms with Gasteiger partial charge in [0.15, 0.2) is 11.5 Å². The molecule has 3 heterocycles. The lowest BCUT2D eigenvalue weighted by Gasteiger charge is -2.26. The van der Waals surface area contributed by atoms with Crippen molar-refractivity contribution in [2.75, 3.05) is 59.1 Å². The summed E-state index contributed by atoms with van der Waals surface area (Å²) >= 11 is 0. The lowest BCUT2D eigenvalue weighted by atomic mass is 10.1. The van der Waals surface area contributed by atoms with Gasteiger partial charge in [-0.05, 0) is 50.1 Å². The number of rotatable bonds is 6. The van der Waals surface area contributed by atoms with Crippen LogP contribution in [-0.4, -0.2) is 85.7 Å². The number of para-hydroxylation sites is 2. The number of nitrogens with zero attached hydrogens (tertiary/aromatic N) is 3. The van der Waals surface area contributed by atoms with Crippen LogP contribution in [0.4, 0.5) is 0 Å². The zero-order valence-corrected chi connectivity index (χ0v) is 20.8. The van der Waals surface area contributed by atoms with E-state index in [2.05, 4.69) is 15.2 Å². The van der Waals surface area contributed by atoms with Crippen molar-refractivity contribution < 1.29 is 23.8 Å². The molecule has 1 aromatic carbocycles. The van der Waals surface area contributed by atoms with E-state index in [0.717, 1.165) is 65.0 Å². The number of hydrogen-bond acceptors (Lipinski definition) is 7. The van der Waals surface area contributed by atoms with Crippen molar-refractivity contribution in [3.63, 3.8) is 0 Å². The minimum Gasteiger partial charge on any atom is -0.490 e. The first-order valence-electron chi connectivity index (χ1n) is 12.9. The first-order valence-corrected chi connectivity index (χ1v) is 12.9. The minimum atomic E-state index is -0.267. The molecule has 2 aliphatic heterocycles. The van der Waals surface area contributed by atoms with Crippen LogP contribution in [0.5, 0.6) is 17.4 Å². The van der Waals surface area contributed by atoms with Gasteiger partial charge >= 0.3 is 0 Å². The molecule has 194 valence electrons. The molecule has 0 spiro atoms. The molecule has 2 aromatic rings. The minimum absolute atomic E-state index is 0.00438. The van der Waals surface area contributed by atoms with E-state index in [1.807, 2.05) is 18.2 Å². The second-order valence-corrected chi connectivity index (χ2v) is 9.05. The molecule has 0 aliphatic carbocycles. The molecular formula is C27H36N4O5. The number of carbonyl (C=O) groups is 2. The smallest absolute Gasteiger partial charge is 0.259 e.